The second kappa shape index (κ2) is 2.47. The lowest BCUT2D eigenvalue weighted by molar-refractivity contribution is -0.677. The predicted molar refractivity (Wildman–Crippen MR) is 33.0 cm³/mol. The van der Waals surface area contributed by atoms with E-state index in [9.17, 15) is 4.91 Å². The lowest BCUT2D eigenvalue weighted by Gasteiger charge is -1.88. The van der Waals surface area contributed by atoms with Crippen LogP contribution < -0.4 is 9.40 Å². The Hall–Kier alpha value is -1.39. The molecule has 0 amide bonds. The van der Waals surface area contributed by atoms with Crippen molar-refractivity contribution >= 4 is 0 Å². The number of hydrogen-bond donors (Lipinski definition) is 0. The average Bonchev–Trinajstić information content (AvgIpc) is 2.20. The van der Waals surface area contributed by atoms with Gasteiger partial charge in [-0.2, -0.15) is 9.13 Å². The topological polar surface area (TPSA) is 47.5 Å². The second-order valence-corrected chi connectivity index (χ2v) is 1.97. The van der Waals surface area contributed by atoms with E-state index in [1.165, 1.54) is 0 Å². The lowest BCUT2D eigenvalue weighted by Crippen LogP contribution is -2.27. The van der Waals surface area contributed by atoms with Crippen LogP contribution in [0.3, 0.4) is 0 Å². The first-order valence-corrected chi connectivity index (χ1v) is 2.76. The highest BCUT2D eigenvalue weighted by Crippen LogP contribution is 2.00. The minimum atomic E-state index is 0.412. The van der Waals surface area contributed by atoms with E-state index in [-0.39, 0.29) is 0 Å². The molecule has 0 unspecified atom stereocenters. The van der Waals surface area contributed by atoms with Gasteiger partial charge >= 0.3 is 6.01 Å². The first-order valence-electron chi connectivity index (χ1n) is 2.76. The van der Waals surface area contributed by atoms with Crippen molar-refractivity contribution in [3.8, 4) is 6.01 Å². The van der Waals surface area contributed by atoms with Gasteiger partial charge in [-0.1, -0.05) is 0 Å². The van der Waals surface area contributed by atoms with Crippen LogP contribution in [0.4, 0.5) is 0 Å². The molecular weight excluding hydrogens is 134 g/mol. The molecule has 10 heavy (non-hydrogen) atoms. The Bertz CT molecular complexity index is 224. The molecular formula is C5H8N3O2+. The summed E-state index contributed by atoms with van der Waals surface area (Å²) in [6.45, 7) is 0. The van der Waals surface area contributed by atoms with E-state index < -0.39 is 0 Å². The van der Waals surface area contributed by atoms with Gasteiger partial charge in [-0.15, -0.1) is 4.91 Å². The van der Waals surface area contributed by atoms with Crippen molar-refractivity contribution in [2.75, 3.05) is 0 Å². The van der Waals surface area contributed by atoms with E-state index in [0.717, 1.165) is 0 Å². The van der Waals surface area contributed by atoms with Crippen molar-refractivity contribution in [2.24, 2.45) is 19.4 Å². The molecule has 0 bridgehead atoms. The molecule has 0 saturated heterocycles. The molecule has 0 spiro atoms. The Kier molecular flexibility index (Phi) is 1.66. The van der Waals surface area contributed by atoms with Crippen molar-refractivity contribution in [3.05, 3.63) is 17.3 Å². The van der Waals surface area contributed by atoms with Gasteiger partial charge in [0.25, 0.3) is 0 Å². The first kappa shape index (κ1) is 6.73. The highest BCUT2D eigenvalue weighted by molar-refractivity contribution is 4.85. The third-order valence-corrected chi connectivity index (χ3v) is 1.24. The molecule has 1 aromatic heterocycles. The summed E-state index contributed by atoms with van der Waals surface area (Å²) >= 11 is 0. The first-order chi connectivity index (χ1) is 4.75. The summed E-state index contributed by atoms with van der Waals surface area (Å²) in [6, 6.07) is 0.412. The van der Waals surface area contributed by atoms with Crippen LogP contribution in [-0.4, -0.2) is 4.57 Å². The third kappa shape index (κ3) is 0.975. The Morgan fingerprint density at radius 2 is 2.50 bits per heavy atom. The second-order valence-electron chi connectivity index (χ2n) is 1.97. The zero-order valence-corrected chi connectivity index (χ0v) is 5.81. The smallest absolute Gasteiger partial charge is 0.243 e. The van der Waals surface area contributed by atoms with Gasteiger partial charge in [-0.05, 0) is 0 Å². The molecule has 5 nitrogen and oxygen atoms in total. The van der Waals surface area contributed by atoms with Gasteiger partial charge in [0.05, 0.1) is 14.1 Å². The van der Waals surface area contributed by atoms with E-state index in [4.69, 9.17) is 0 Å². The molecule has 0 aromatic carbocycles. The maximum absolute atomic E-state index is 9.68. The maximum atomic E-state index is 9.68. The molecule has 0 aliphatic rings. The summed E-state index contributed by atoms with van der Waals surface area (Å²) < 4.78 is 3.31. The molecule has 0 radical (unpaired) electrons. The van der Waals surface area contributed by atoms with Gasteiger partial charge in [-0.25, -0.2) is 4.84 Å². The van der Waals surface area contributed by atoms with Gasteiger partial charge in [0, 0.05) is 0 Å². The van der Waals surface area contributed by atoms with E-state index in [1.807, 2.05) is 0 Å². The van der Waals surface area contributed by atoms with E-state index in [0.29, 0.717) is 6.01 Å². The number of nitrogens with zero attached hydrogens (tertiary/aromatic N) is 3. The summed E-state index contributed by atoms with van der Waals surface area (Å²) in [7, 11) is 3.53. The molecule has 0 fully saturated rings. The van der Waals surface area contributed by atoms with Crippen LogP contribution in [0.15, 0.2) is 17.7 Å². The van der Waals surface area contributed by atoms with Crippen LogP contribution in [-0.2, 0) is 14.1 Å². The van der Waals surface area contributed by atoms with Gasteiger partial charge in [0.15, 0.2) is 5.34 Å². The molecule has 0 atom stereocenters. The van der Waals surface area contributed by atoms with Crippen molar-refractivity contribution in [1.29, 1.82) is 0 Å². The van der Waals surface area contributed by atoms with E-state index in [2.05, 4.69) is 10.2 Å². The van der Waals surface area contributed by atoms with E-state index in [1.54, 1.807) is 35.6 Å². The van der Waals surface area contributed by atoms with Crippen molar-refractivity contribution in [1.82, 2.24) is 4.57 Å². The molecule has 1 rings (SSSR count). The summed E-state index contributed by atoms with van der Waals surface area (Å²) in [6.07, 6.45) is 3.53. The lowest BCUT2D eigenvalue weighted by atomic mass is 10.9. The highest BCUT2D eigenvalue weighted by Gasteiger charge is 2.12. The normalized spacial score (nSPS) is 9.40. The van der Waals surface area contributed by atoms with E-state index >= 15 is 0 Å². The number of rotatable bonds is 2. The average molecular weight is 142 g/mol. The zero-order chi connectivity index (χ0) is 7.56. The summed E-state index contributed by atoms with van der Waals surface area (Å²) in [5.74, 6) is 0. The highest BCUT2D eigenvalue weighted by atomic mass is 16.7. The molecule has 1 aromatic rings. The standard InChI is InChI=1S/C5H8N3O2/c1-7-3-4-8(2)5(7)10-6-9/h3-4H,1-2H3/q+1. The quantitative estimate of drug-likeness (QED) is 0.329. The molecule has 0 N–H and O–H groups in total. The summed E-state index contributed by atoms with van der Waals surface area (Å²) in [5, 5.41) is 2.31. The van der Waals surface area contributed by atoms with Crippen LogP contribution in [0.2, 0.25) is 0 Å². The largest absolute Gasteiger partial charge is 0.484 e. The minimum absolute atomic E-state index is 0.412. The van der Waals surface area contributed by atoms with Gasteiger partial charge in [0.1, 0.15) is 12.4 Å². The van der Waals surface area contributed by atoms with Crippen molar-refractivity contribution in [3.63, 3.8) is 0 Å². The van der Waals surface area contributed by atoms with Gasteiger partial charge in [-0.3, -0.25) is 0 Å². The summed E-state index contributed by atoms with van der Waals surface area (Å²) in [4.78, 5) is 14.1. The fourth-order valence-corrected chi connectivity index (χ4v) is 0.738. The third-order valence-electron chi connectivity index (χ3n) is 1.24. The Balaban J connectivity index is 2.97. The van der Waals surface area contributed by atoms with Gasteiger partial charge in [0.2, 0.25) is 0 Å². The maximum Gasteiger partial charge on any atom is 0.484 e. The monoisotopic (exact) mass is 142 g/mol. The molecule has 1 heterocycles. The molecule has 54 valence electrons. The number of aromatic nitrogens is 2. The molecule has 5 heteroatoms. The van der Waals surface area contributed by atoms with Crippen LogP contribution in [0, 0.1) is 4.91 Å². The Morgan fingerprint density at radius 3 is 2.90 bits per heavy atom. The number of imidazole rings is 1. The van der Waals surface area contributed by atoms with Crippen LogP contribution >= 0.6 is 0 Å². The van der Waals surface area contributed by atoms with Crippen LogP contribution in [0.5, 0.6) is 6.01 Å². The Morgan fingerprint density at radius 1 is 1.80 bits per heavy atom. The molecule has 0 aliphatic heterocycles. The van der Waals surface area contributed by atoms with Crippen LogP contribution in [0.1, 0.15) is 0 Å². The van der Waals surface area contributed by atoms with Gasteiger partial charge < -0.3 is 0 Å². The molecule has 0 aliphatic carbocycles. The zero-order valence-electron chi connectivity index (χ0n) is 5.81. The SMILES string of the molecule is Cn1cc[n+](C)c1ON=O. The predicted octanol–water partition coefficient (Wildman–Crippen LogP) is -0.0902. The number of aryl methyl sites for hydroxylation is 2. The fraction of sp³-hybridized carbons (Fsp3) is 0.400. The van der Waals surface area contributed by atoms with Crippen molar-refractivity contribution in [2.45, 2.75) is 0 Å². The Labute approximate surface area is 57.8 Å². The minimum Gasteiger partial charge on any atom is -0.243 e. The fourth-order valence-electron chi connectivity index (χ4n) is 0.738. The summed E-state index contributed by atoms with van der Waals surface area (Å²) in [5.41, 5.74) is 0. The molecule has 0 saturated carbocycles. The van der Waals surface area contributed by atoms with Crippen LogP contribution in [0.25, 0.3) is 0 Å². The van der Waals surface area contributed by atoms with Crippen molar-refractivity contribution < 1.29 is 9.40 Å². The number of hydrogen-bond acceptors (Lipinski definition) is 3.